The fourth-order valence-electron chi connectivity index (χ4n) is 3.20. The lowest BCUT2D eigenvalue weighted by Gasteiger charge is -2.38. The molecule has 2 atom stereocenters. The molecule has 5 heteroatoms. The van der Waals surface area contributed by atoms with Gasteiger partial charge in [0.2, 0.25) is 0 Å². The summed E-state index contributed by atoms with van der Waals surface area (Å²) in [6.07, 6.45) is 0.781. The molecule has 0 aromatic heterocycles. The van der Waals surface area contributed by atoms with Crippen LogP contribution in [0.1, 0.15) is 22.8 Å². The molecular formula is C21H25NO4. The van der Waals surface area contributed by atoms with Crippen LogP contribution in [0.25, 0.3) is 0 Å². The number of hydrogen-bond acceptors (Lipinski definition) is 4. The molecule has 1 amide bonds. The number of ether oxygens (including phenoxy) is 3. The van der Waals surface area contributed by atoms with E-state index in [1.807, 2.05) is 30.0 Å². The highest BCUT2D eigenvalue weighted by Crippen LogP contribution is 2.25. The lowest BCUT2D eigenvalue weighted by molar-refractivity contribution is -0.0464. The fourth-order valence-corrected chi connectivity index (χ4v) is 3.20. The molecule has 0 aliphatic carbocycles. The van der Waals surface area contributed by atoms with Gasteiger partial charge in [0.15, 0.2) is 0 Å². The number of hydrogen-bond donors (Lipinski definition) is 0. The molecule has 5 nitrogen and oxygen atoms in total. The zero-order chi connectivity index (χ0) is 18.5. The highest BCUT2D eigenvalue weighted by molar-refractivity contribution is 5.95. The monoisotopic (exact) mass is 355 g/mol. The third-order valence-corrected chi connectivity index (χ3v) is 4.67. The Hall–Kier alpha value is -2.53. The molecule has 2 unspecified atom stereocenters. The van der Waals surface area contributed by atoms with Crippen LogP contribution >= 0.6 is 0 Å². The molecule has 0 bridgehead atoms. The van der Waals surface area contributed by atoms with Crippen molar-refractivity contribution in [1.29, 1.82) is 0 Å². The Kier molecular flexibility index (Phi) is 5.78. The molecule has 0 N–H and O–H groups in total. The summed E-state index contributed by atoms with van der Waals surface area (Å²) in [5.74, 6) is 1.18. The van der Waals surface area contributed by atoms with Crippen LogP contribution in [0.2, 0.25) is 0 Å². The van der Waals surface area contributed by atoms with Gasteiger partial charge in [-0.15, -0.1) is 0 Å². The molecule has 2 aromatic rings. The maximum atomic E-state index is 13.1. The molecule has 1 fully saturated rings. The summed E-state index contributed by atoms with van der Waals surface area (Å²) in [6.45, 7) is 3.10. The number of carbonyl (C=O) groups is 1. The lowest BCUT2D eigenvalue weighted by Crippen LogP contribution is -2.51. The van der Waals surface area contributed by atoms with E-state index in [1.165, 1.54) is 5.56 Å². The topological polar surface area (TPSA) is 48.0 Å². The third-order valence-electron chi connectivity index (χ3n) is 4.67. The SMILES string of the molecule is COc1cc(OC)cc(C(=O)N2CC(Cc3ccccc3)OCC2C)c1. The predicted molar refractivity (Wildman–Crippen MR) is 99.9 cm³/mol. The van der Waals surface area contributed by atoms with Gasteiger partial charge in [-0.3, -0.25) is 4.79 Å². The second kappa shape index (κ2) is 8.23. The van der Waals surface area contributed by atoms with E-state index in [-0.39, 0.29) is 18.1 Å². The fraction of sp³-hybridized carbons (Fsp3) is 0.381. The Labute approximate surface area is 154 Å². The smallest absolute Gasteiger partial charge is 0.254 e. The third kappa shape index (κ3) is 4.17. The summed E-state index contributed by atoms with van der Waals surface area (Å²) in [5, 5.41) is 0. The van der Waals surface area contributed by atoms with Gasteiger partial charge in [-0.1, -0.05) is 30.3 Å². The Balaban J connectivity index is 1.77. The van der Waals surface area contributed by atoms with Gasteiger partial charge >= 0.3 is 0 Å². The zero-order valence-corrected chi connectivity index (χ0v) is 15.5. The van der Waals surface area contributed by atoms with E-state index < -0.39 is 0 Å². The number of rotatable bonds is 5. The van der Waals surface area contributed by atoms with Crippen molar-refractivity contribution in [3.8, 4) is 11.5 Å². The number of amides is 1. The Morgan fingerprint density at radius 2 is 1.77 bits per heavy atom. The molecule has 0 spiro atoms. The highest BCUT2D eigenvalue weighted by Gasteiger charge is 2.30. The average molecular weight is 355 g/mol. The average Bonchev–Trinajstić information content (AvgIpc) is 2.69. The quantitative estimate of drug-likeness (QED) is 0.827. The maximum absolute atomic E-state index is 13.1. The minimum atomic E-state index is -0.0314. The standard InChI is InChI=1S/C21H25NO4/c1-15-14-26-20(9-16-7-5-4-6-8-16)13-22(15)21(23)17-10-18(24-2)12-19(11-17)25-3/h4-8,10-12,15,20H,9,13-14H2,1-3H3. The molecule has 138 valence electrons. The molecule has 26 heavy (non-hydrogen) atoms. The van der Waals surface area contributed by atoms with E-state index in [4.69, 9.17) is 14.2 Å². The van der Waals surface area contributed by atoms with E-state index in [0.29, 0.717) is 30.2 Å². The van der Waals surface area contributed by atoms with Crippen molar-refractivity contribution >= 4 is 5.91 Å². The molecule has 0 saturated carbocycles. The normalized spacial score (nSPS) is 19.9. The van der Waals surface area contributed by atoms with E-state index in [9.17, 15) is 4.79 Å². The van der Waals surface area contributed by atoms with E-state index in [1.54, 1.807) is 32.4 Å². The lowest BCUT2D eigenvalue weighted by atomic mass is 10.0. The van der Waals surface area contributed by atoms with E-state index in [2.05, 4.69) is 12.1 Å². The summed E-state index contributed by atoms with van der Waals surface area (Å²) in [4.78, 5) is 15.0. The van der Waals surface area contributed by atoms with Crippen LogP contribution in [-0.2, 0) is 11.2 Å². The van der Waals surface area contributed by atoms with Crippen molar-refractivity contribution in [1.82, 2.24) is 4.90 Å². The molecule has 1 aliphatic heterocycles. The molecular weight excluding hydrogens is 330 g/mol. The largest absolute Gasteiger partial charge is 0.497 e. The molecule has 1 saturated heterocycles. The summed E-state index contributed by atoms with van der Waals surface area (Å²) < 4.78 is 16.5. The van der Waals surface area contributed by atoms with Gasteiger partial charge in [-0.2, -0.15) is 0 Å². The number of methoxy groups -OCH3 is 2. The first kappa shape index (κ1) is 18.3. The first-order chi connectivity index (χ1) is 12.6. The first-order valence-electron chi connectivity index (χ1n) is 8.80. The van der Waals surface area contributed by atoms with Gasteiger partial charge in [0.25, 0.3) is 5.91 Å². The van der Waals surface area contributed by atoms with Gasteiger partial charge < -0.3 is 19.1 Å². The number of nitrogens with zero attached hydrogens (tertiary/aromatic N) is 1. The van der Waals surface area contributed by atoms with Crippen LogP contribution in [0.4, 0.5) is 0 Å². The molecule has 1 aliphatic rings. The summed E-state index contributed by atoms with van der Waals surface area (Å²) >= 11 is 0. The van der Waals surface area contributed by atoms with Crippen LogP contribution in [-0.4, -0.2) is 50.3 Å². The molecule has 1 heterocycles. The summed E-state index contributed by atoms with van der Waals surface area (Å²) in [7, 11) is 3.16. The first-order valence-corrected chi connectivity index (χ1v) is 8.80. The second-order valence-corrected chi connectivity index (χ2v) is 6.55. The van der Waals surface area contributed by atoms with Crippen molar-refractivity contribution in [3.63, 3.8) is 0 Å². The van der Waals surface area contributed by atoms with Gasteiger partial charge in [0.1, 0.15) is 11.5 Å². The Morgan fingerprint density at radius 3 is 2.38 bits per heavy atom. The van der Waals surface area contributed by atoms with Crippen LogP contribution in [0.3, 0.4) is 0 Å². The van der Waals surface area contributed by atoms with Crippen molar-refractivity contribution < 1.29 is 19.0 Å². The summed E-state index contributed by atoms with van der Waals surface area (Å²) in [5.41, 5.74) is 1.77. The predicted octanol–water partition coefficient (Wildman–Crippen LogP) is 3.18. The van der Waals surface area contributed by atoms with Gasteiger partial charge in [0.05, 0.1) is 33.0 Å². The van der Waals surface area contributed by atoms with Crippen LogP contribution in [0, 0.1) is 0 Å². The van der Waals surface area contributed by atoms with Gasteiger partial charge in [-0.25, -0.2) is 0 Å². The minimum absolute atomic E-state index is 0.00921. The van der Waals surface area contributed by atoms with Gasteiger partial charge in [-0.05, 0) is 24.6 Å². The van der Waals surface area contributed by atoms with Crippen LogP contribution in [0.15, 0.2) is 48.5 Å². The van der Waals surface area contributed by atoms with Crippen molar-refractivity contribution in [2.24, 2.45) is 0 Å². The maximum Gasteiger partial charge on any atom is 0.254 e. The molecule has 2 aromatic carbocycles. The van der Waals surface area contributed by atoms with E-state index in [0.717, 1.165) is 6.42 Å². The van der Waals surface area contributed by atoms with Crippen molar-refractivity contribution in [2.75, 3.05) is 27.4 Å². The molecule has 3 rings (SSSR count). The number of carbonyl (C=O) groups excluding carboxylic acids is 1. The van der Waals surface area contributed by atoms with Gasteiger partial charge in [0, 0.05) is 24.6 Å². The van der Waals surface area contributed by atoms with Crippen LogP contribution in [0.5, 0.6) is 11.5 Å². The van der Waals surface area contributed by atoms with Crippen LogP contribution < -0.4 is 9.47 Å². The molecule has 0 radical (unpaired) electrons. The number of morpholine rings is 1. The van der Waals surface area contributed by atoms with Crippen molar-refractivity contribution in [2.45, 2.75) is 25.5 Å². The highest BCUT2D eigenvalue weighted by atomic mass is 16.5. The Bertz CT molecular complexity index is 725. The van der Waals surface area contributed by atoms with E-state index >= 15 is 0 Å². The Morgan fingerprint density at radius 1 is 1.12 bits per heavy atom. The second-order valence-electron chi connectivity index (χ2n) is 6.55. The van der Waals surface area contributed by atoms with Crippen molar-refractivity contribution in [3.05, 3.63) is 59.7 Å². The zero-order valence-electron chi connectivity index (χ0n) is 15.5. The number of benzene rings is 2. The summed E-state index contributed by atoms with van der Waals surface area (Å²) in [6, 6.07) is 15.5. The minimum Gasteiger partial charge on any atom is -0.497 e.